The number of ether oxygens (including phenoxy) is 1. The lowest BCUT2D eigenvalue weighted by atomic mass is 10.1. The first kappa shape index (κ1) is 13.2. The summed E-state index contributed by atoms with van der Waals surface area (Å²) in [5.41, 5.74) is 0.910. The number of aromatic nitrogens is 2. The van der Waals surface area contributed by atoms with E-state index in [1.165, 1.54) is 19.4 Å². The van der Waals surface area contributed by atoms with E-state index in [0.717, 1.165) is 18.7 Å². The Balaban J connectivity index is 1.77. The molecule has 0 spiro atoms. The van der Waals surface area contributed by atoms with Gasteiger partial charge in [-0.1, -0.05) is 0 Å². The minimum Gasteiger partial charge on any atom is -0.477 e. The summed E-state index contributed by atoms with van der Waals surface area (Å²) >= 11 is 0. The predicted octanol–water partition coefficient (Wildman–Crippen LogP) is 1.06. The van der Waals surface area contributed by atoms with Gasteiger partial charge >= 0.3 is 0 Å². The van der Waals surface area contributed by atoms with E-state index in [9.17, 15) is 0 Å². The molecule has 0 aliphatic carbocycles. The van der Waals surface area contributed by atoms with Gasteiger partial charge in [-0.15, -0.1) is 0 Å². The first-order valence-electron chi connectivity index (χ1n) is 6.58. The third kappa shape index (κ3) is 3.65. The summed E-state index contributed by atoms with van der Waals surface area (Å²) in [6.45, 7) is 2.64. The molecule has 100 valence electrons. The maximum atomic E-state index is 5.68. The Morgan fingerprint density at radius 1 is 1.50 bits per heavy atom. The highest BCUT2D eigenvalue weighted by Crippen LogP contribution is 2.18. The van der Waals surface area contributed by atoms with Crippen molar-refractivity contribution in [2.24, 2.45) is 0 Å². The number of nitrogens with zero attached hydrogens (tertiary/aromatic N) is 3. The summed E-state index contributed by atoms with van der Waals surface area (Å²) in [6, 6.07) is 0.665. The maximum absolute atomic E-state index is 5.68. The van der Waals surface area contributed by atoms with Crippen molar-refractivity contribution in [1.29, 1.82) is 0 Å². The van der Waals surface area contributed by atoms with Gasteiger partial charge in [-0.05, 0) is 39.9 Å². The Labute approximate surface area is 109 Å². The van der Waals surface area contributed by atoms with Crippen LogP contribution in [0.5, 0.6) is 5.88 Å². The molecular formula is C13H22N4O. The van der Waals surface area contributed by atoms with Crippen LogP contribution in [0.1, 0.15) is 25.0 Å². The zero-order chi connectivity index (χ0) is 12.8. The second-order valence-electron chi connectivity index (χ2n) is 4.79. The van der Waals surface area contributed by atoms with E-state index in [1.807, 2.05) is 7.05 Å². The Hall–Kier alpha value is -1.20. The lowest BCUT2D eigenvalue weighted by molar-refractivity contribution is 0.227. The molecule has 1 saturated heterocycles. The number of hydrogen-bond donors (Lipinski definition) is 1. The van der Waals surface area contributed by atoms with Gasteiger partial charge in [0.2, 0.25) is 5.88 Å². The third-order valence-electron chi connectivity index (χ3n) is 3.39. The molecule has 1 aromatic rings. The SMILES string of the molecule is CNCc1cncc(OCCC2CCCN2C)n1. The maximum Gasteiger partial charge on any atom is 0.232 e. The van der Waals surface area contributed by atoms with Gasteiger partial charge < -0.3 is 15.0 Å². The van der Waals surface area contributed by atoms with E-state index >= 15 is 0 Å². The molecule has 0 aromatic carbocycles. The van der Waals surface area contributed by atoms with E-state index in [2.05, 4.69) is 27.2 Å². The van der Waals surface area contributed by atoms with Crippen LogP contribution in [0.25, 0.3) is 0 Å². The summed E-state index contributed by atoms with van der Waals surface area (Å²) < 4.78 is 5.68. The van der Waals surface area contributed by atoms with Crippen molar-refractivity contribution in [3.63, 3.8) is 0 Å². The zero-order valence-electron chi connectivity index (χ0n) is 11.2. The molecular weight excluding hydrogens is 228 g/mol. The minimum absolute atomic E-state index is 0.628. The van der Waals surface area contributed by atoms with Crippen LogP contribution in [0, 0.1) is 0 Å². The first-order valence-corrected chi connectivity index (χ1v) is 6.58. The Morgan fingerprint density at radius 2 is 2.39 bits per heavy atom. The fourth-order valence-electron chi connectivity index (χ4n) is 2.37. The standard InChI is InChI=1S/C13H22N4O/c1-14-8-11-9-15-10-13(16-11)18-7-5-12-4-3-6-17(12)2/h9-10,12,14H,3-8H2,1-2H3. The molecule has 5 nitrogen and oxygen atoms in total. The molecule has 0 saturated carbocycles. The molecule has 0 bridgehead atoms. The van der Waals surface area contributed by atoms with Crippen LogP contribution >= 0.6 is 0 Å². The zero-order valence-corrected chi connectivity index (χ0v) is 11.2. The van der Waals surface area contributed by atoms with Gasteiger partial charge in [-0.25, -0.2) is 4.98 Å². The van der Waals surface area contributed by atoms with Crippen LogP contribution in [0.2, 0.25) is 0 Å². The van der Waals surface area contributed by atoms with Crippen LogP contribution in [-0.4, -0.2) is 48.2 Å². The van der Waals surface area contributed by atoms with Crippen LogP contribution in [0.4, 0.5) is 0 Å². The summed E-state index contributed by atoms with van der Waals surface area (Å²) in [7, 11) is 4.08. The second-order valence-corrected chi connectivity index (χ2v) is 4.79. The van der Waals surface area contributed by atoms with Gasteiger partial charge in [-0.2, -0.15) is 0 Å². The lowest BCUT2D eigenvalue weighted by Crippen LogP contribution is -2.26. The van der Waals surface area contributed by atoms with Crippen molar-refractivity contribution >= 4 is 0 Å². The summed E-state index contributed by atoms with van der Waals surface area (Å²) in [6.07, 6.45) is 7.09. The number of rotatable bonds is 6. The first-order chi connectivity index (χ1) is 8.79. The highest BCUT2D eigenvalue weighted by Gasteiger charge is 2.20. The van der Waals surface area contributed by atoms with Gasteiger partial charge in [0.15, 0.2) is 0 Å². The Kier molecular flexibility index (Phi) is 4.90. The average Bonchev–Trinajstić information content (AvgIpc) is 2.76. The molecule has 1 aliphatic heterocycles. The van der Waals surface area contributed by atoms with Gasteiger partial charge in [0.05, 0.1) is 18.5 Å². The van der Waals surface area contributed by atoms with Gasteiger partial charge in [-0.3, -0.25) is 4.98 Å². The smallest absolute Gasteiger partial charge is 0.232 e. The average molecular weight is 250 g/mol. The largest absolute Gasteiger partial charge is 0.477 e. The topological polar surface area (TPSA) is 50.3 Å². The number of likely N-dealkylation sites (tertiary alicyclic amines) is 1. The molecule has 1 N–H and O–H groups in total. The van der Waals surface area contributed by atoms with E-state index in [0.29, 0.717) is 18.5 Å². The molecule has 18 heavy (non-hydrogen) atoms. The molecule has 5 heteroatoms. The van der Waals surface area contributed by atoms with Crippen molar-refractivity contribution in [2.45, 2.75) is 31.8 Å². The fourth-order valence-corrected chi connectivity index (χ4v) is 2.37. The quantitative estimate of drug-likeness (QED) is 0.818. The highest BCUT2D eigenvalue weighted by atomic mass is 16.5. The second kappa shape index (κ2) is 6.66. The minimum atomic E-state index is 0.628. The molecule has 1 unspecified atom stereocenters. The van der Waals surface area contributed by atoms with Crippen molar-refractivity contribution in [2.75, 3.05) is 27.2 Å². The Bertz CT molecular complexity index is 372. The van der Waals surface area contributed by atoms with Gasteiger partial charge in [0.1, 0.15) is 0 Å². The Morgan fingerprint density at radius 3 is 3.11 bits per heavy atom. The molecule has 2 rings (SSSR count). The molecule has 1 aliphatic rings. The van der Waals surface area contributed by atoms with Crippen molar-refractivity contribution in [3.05, 3.63) is 18.1 Å². The number of nitrogens with one attached hydrogen (secondary N) is 1. The van der Waals surface area contributed by atoms with Crippen molar-refractivity contribution in [1.82, 2.24) is 20.2 Å². The summed E-state index contributed by atoms with van der Waals surface area (Å²) in [5, 5.41) is 3.05. The molecule has 1 aromatic heterocycles. The molecule has 2 heterocycles. The summed E-state index contributed by atoms with van der Waals surface area (Å²) in [5.74, 6) is 0.628. The molecule has 1 fully saturated rings. The monoisotopic (exact) mass is 250 g/mol. The van der Waals surface area contributed by atoms with Gasteiger partial charge in [0.25, 0.3) is 0 Å². The van der Waals surface area contributed by atoms with E-state index < -0.39 is 0 Å². The fraction of sp³-hybridized carbons (Fsp3) is 0.692. The molecule has 0 radical (unpaired) electrons. The van der Waals surface area contributed by atoms with Gasteiger partial charge in [0, 0.05) is 18.8 Å². The highest BCUT2D eigenvalue weighted by molar-refractivity contribution is 5.08. The third-order valence-corrected chi connectivity index (χ3v) is 3.39. The van der Waals surface area contributed by atoms with E-state index in [4.69, 9.17) is 4.74 Å². The predicted molar refractivity (Wildman–Crippen MR) is 70.6 cm³/mol. The van der Waals surface area contributed by atoms with Crippen LogP contribution in [0.3, 0.4) is 0 Å². The van der Waals surface area contributed by atoms with E-state index in [-0.39, 0.29) is 0 Å². The lowest BCUT2D eigenvalue weighted by Gasteiger charge is -2.19. The van der Waals surface area contributed by atoms with Crippen LogP contribution in [-0.2, 0) is 6.54 Å². The molecule has 0 amide bonds. The van der Waals surface area contributed by atoms with Crippen LogP contribution < -0.4 is 10.1 Å². The number of hydrogen-bond acceptors (Lipinski definition) is 5. The van der Waals surface area contributed by atoms with Crippen LogP contribution in [0.15, 0.2) is 12.4 Å². The molecule has 1 atom stereocenters. The van der Waals surface area contributed by atoms with E-state index in [1.54, 1.807) is 12.4 Å². The summed E-state index contributed by atoms with van der Waals surface area (Å²) in [4.78, 5) is 10.9. The normalized spacial score (nSPS) is 20.2. The van der Waals surface area contributed by atoms with Crippen molar-refractivity contribution < 1.29 is 4.74 Å². The van der Waals surface area contributed by atoms with Crippen molar-refractivity contribution in [3.8, 4) is 5.88 Å².